The van der Waals surface area contributed by atoms with Gasteiger partial charge in [-0.15, -0.1) is 0 Å². The van der Waals surface area contributed by atoms with Crippen molar-refractivity contribution in [2.75, 3.05) is 7.11 Å². The van der Waals surface area contributed by atoms with Gasteiger partial charge < -0.3 is 4.74 Å². The third-order valence-corrected chi connectivity index (χ3v) is 3.96. The van der Waals surface area contributed by atoms with Crippen molar-refractivity contribution in [2.45, 2.75) is 65.5 Å². The fourth-order valence-electron chi connectivity index (χ4n) is 2.48. The number of ketones is 1. The first kappa shape index (κ1) is 15.9. The van der Waals surface area contributed by atoms with Crippen molar-refractivity contribution in [1.29, 1.82) is 0 Å². The van der Waals surface area contributed by atoms with Crippen LogP contribution in [0.2, 0.25) is 0 Å². The molecular weight excluding hydrogens is 240 g/mol. The van der Waals surface area contributed by atoms with Gasteiger partial charge in [-0.25, -0.2) is 0 Å². The normalized spacial score (nSPS) is 11.8. The van der Waals surface area contributed by atoms with Crippen LogP contribution in [0.15, 0.2) is 6.07 Å². The number of methoxy groups -OCH3 is 1. The zero-order chi connectivity index (χ0) is 14.5. The van der Waals surface area contributed by atoms with Crippen LogP contribution in [0.4, 0.5) is 0 Å². The van der Waals surface area contributed by atoms with Crippen LogP contribution in [0.3, 0.4) is 0 Å². The summed E-state index contributed by atoms with van der Waals surface area (Å²) >= 11 is 0. The van der Waals surface area contributed by atoms with E-state index in [1.165, 1.54) is 0 Å². The molecule has 108 valence electrons. The second-order valence-corrected chi connectivity index (χ2v) is 4.80. The van der Waals surface area contributed by atoms with E-state index in [4.69, 9.17) is 4.74 Å². The Morgan fingerprint density at radius 3 is 2.37 bits per heavy atom. The predicted octanol–water partition coefficient (Wildman–Crippen LogP) is 2.78. The van der Waals surface area contributed by atoms with E-state index in [9.17, 15) is 4.79 Å². The first-order valence-electron chi connectivity index (χ1n) is 7.20. The monoisotopic (exact) mass is 266 g/mol. The molecule has 0 saturated carbocycles. The molecule has 19 heavy (non-hydrogen) atoms. The highest BCUT2D eigenvalue weighted by molar-refractivity contribution is 5.88. The molecule has 0 atom stereocenters. The van der Waals surface area contributed by atoms with Crippen molar-refractivity contribution < 1.29 is 9.53 Å². The van der Waals surface area contributed by atoms with E-state index < -0.39 is 5.60 Å². The number of rotatable bonds is 8. The Kier molecular flexibility index (Phi) is 5.73. The quantitative estimate of drug-likeness (QED) is 0.726. The fourth-order valence-corrected chi connectivity index (χ4v) is 2.48. The maximum Gasteiger partial charge on any atom is 0.170 e. The van der Waals surface area contributed by atoms with Crippen molar-refractivity contribution in [1.82, 2.24) is 9.78 Å². The van der Waals surface area contributed by atoms with Crippen LogP contribution < -0.4 is 0 Å². The average Bonchev–Trinajstić information content (AvgIpc) is 2.83. The highest BCUT2D eigenvalue weighted by atomic mass is 16.5. The van der Waals surface area contributed by atoms with Crippen LogP contribution in [-0.4, -0.2) is 28.3 Å². The largest absolute Gasteiger partial charge is 0.370 e. The van der Waals surface area contributed by atoms with Gasteiger partial charge in [-0.1, -0.05) is 20.8 Å². The molecule has 0 aromatic carbocycles. The zero-order valence-electron chi connectivity index (χ0n) is 12.8. The van der Waals surface area contributed by atoms with Gasteiger partial charge in [0.25, 0.3) is 0 Å². The highest BCUT2D eigenvalue weighted by Gasteiger charge is 2.34. The lowest BCUT2D eigenvalue weighted by Gasteiger charge is -2.28. The number of aryl methyl sites for hydroxylation is 2. The van der Waals surface area contributed by atoms with E-state index >= 15 is 0 Å². The summed E-state index contributed by atoms with van der Waals surface area (Å²) < 4.78 is 7.42. The molecule has 0 spiro atoms. The Labute approximate surface area is 116 Å². The third-order valence-electron chi connectivity index (χ3n) is 3.96. The molecule has 0 bridgehead atoms. The van der Waals surface area contributed by atoms with Gasteiger partial charge in [-0.2, -0.15) is 5.10 Å². The van der Waals surface area contributed by atoms with E-state index in [0.29, 0.717) is 19.3 Å². The second kappa shape index (κ2) is 6.85. The molecule has 0 aliphatic rings. The summed E-state index contributed by atoms with van der Waals surface area (Å²) in [7, 11) is 1.62. The molecule has 0 fully saturated rings. The van der Waals surface area contributed by atoms with Crippen molar-refractivity contribution in [3.8, 4) is 0 Å². The highest BCUT2D eigenvalue weighted by Crippen LogP contribution is 2.23. The van der Waals surface area contributed by atoms with Gasteiger partial charge >= 0.3 is 0 Å². The number of Topliss-reactive ketones (excluding diaryl/α,β-unsaturated/α-hetero) is 1. The topological polar surface area (TPSA) is 44.1 Å². The number of aromatic nitrogens is 2. The van der Waals surface area contributed by atoms with Crippen LogP contribution in [0.1, 0.15) is 51.9 Å². The van der Waals surface area contributed by atoms with Gasteiger partial charge in [0.2, 0.25) is 0 Å². The maximum atomic E-state index is 12.5. The van der Waals surface area contributed by atoms with Crippen molar-refractivity contribution in [2.24, 2.45) is 0 Å². The molecular formula is C15H26N2O2. The molecule has 1 aromatic rings. The number of hydrogen-bond acceptors (Lipinski definition) is 3. The molecule has 1 aromatic heterocycles. The van der Waals surface area contributed by atoms with E-state index in [-0.39, 0.29) is 5.78 Å². The van der Waals surface area contributed by atoms with Gasteiger partial charge in [-0.3, -0.25) is 9.48 Å². The van der Waals surface area contributed by atoms with E-state index in [1.54, 1.807) is 7.11 Å². The summed E-state index contributed by atoms with van der Waals surface area (Å²) in [5, 5.41) is 4.48. The SMILES string of the molecule is CCc1cc(CC(=O)C(CC)(CC)OC)n(CC)n1. The lowest BCUT2D eigenvalue weighted by molar-refractivity contribution is -0.141. The van der Waals surface area contributed by atoms with Gasteiger partial charge in [0.05, 0.1) is 12.1 Å². The number of carbonyl (C=O) groups is 1. The molecule has 0 unspecified atom stereocenters. The van der Waals surface area contributed by atoms with Crippen molar-refractivity contribution in [3.63, 3.8) is 0 Å². The molecule has 0 radical (unpaired) electrons. The van der Waals surface area contributed by atoms with Gasteiger partial charge in [0, 0.05) is 19.3 Å². The molecule has 1 heterocycles. The molecule has 0 aliphatic carbocycles. The first-order chi connectivity index (χ1) is 9.06. The minimum Gasteiger partial charge on any atom is -0.370 e. The number of hydrogen-bond donors (Lipinski definition) is 0. The number of carbonyl (C=O) groups excluding carboxylic acids is 1. The average molecular weight is 266 g/mol. The number of nitrogens with zero attached hydrogens (tertiary/aromatic N) is 2. The molecule has 0 amide bonds. The minimum absolute atomic E-state index is 0.150. The zero-order valence-corrected chi connectivity index (χ0v) is 12.8. The van der Waals surface area contributed by atoms with Crippen molar-refractivity contribution in [3.05, 3.63) is 17.5 Å². The van der Waals surface area contributed by atoms with E-state index in [0.717, 1.165) is 24.4 Å². The molecule has 4 heteroatoms. The summed E-state index contributed by atoms with van der Waals surface area (Å²) in [5.74, 6) is 0.150. The van der Waals surface area contributed by atoms with Crippen LogP contribution in [0.5, 0.6) is 0 Å². The van der Waals surface area contributed by atoms with Crippen LogP contribution in [0, 0.1) is 0 Å². The lowest BCUT2D eigenvalue weighted by atomic mass is 9.89. The summed E-state index contributed by atoms with van der Waals surface area (Å²) in [6.07, 6.45) is 2.71. The fraction of sp³-hybridized carbons (Fsp3) is 0.733. The van der Waals surface area contributed by atoms with Crippen molar-refractivity contribution >= 4 is 5.78 Å². The molecule has 0 N–H and O–H groups in total. The van der Waals surface area contributed by atoms with Crippen LogP contribution in [-0.2, 0) is 28.9 Å². The predicted molar refractivity (Wildman–Crippen MR) is 76.3 cm³/mol. The summed E-state index contributed by atoms with van der Waals surface area (Å²) in [4.78, 5) is 12.5. The number of ether oxygens (including phenoxy) is 1. The standard InChI is InChI=1S/C15H26N2O2/c1-6-12-10-13(17(9-4)16-12)11-14(18)15(7-2,8-3)19-5/h10H,6-9,11H2,1-5H3. The Bertz CT molecular complexity index is 412. The Morgan fingerprint density at radius 1 is 1.32 bits per heavy atom. The Morgan fingerprint density at radius 2 is 1.95 bits per heavy atom. The summed E-state index contributed by atoms with van der Waals surface area (Å²) in [6, 6.07) is 2.03. The second-order valence-electron chi connectivity index (χ2n) is 4.80. The summed E-state index contributed by atoms with van der Waals surface area (Å²) in [6.45, 7) is 8.91. The van der Waals surface area contributed by atoms with Gasteiger partial charge in [0.15, 0.2) is 5.78 Å². The first-order valence-corrected chi connectivity index (χ1v) is 7.20. The van der Waals surface area contributed by atoms with Gasteiger partial charge in [0.1, 0.15) is 5.60 Å². The van der Waals surface area contributed by atoms with Crippen LogP contribution >= 0.6 is 0 Å². The van der Waals surface area contributed by atoms with E-state index in [2.05, 4.69) is 12.0 Å². The molecule has 1 rings (SSSR count). The molecule has 0 aliphatic heterocycles. The van der Waals surface area contributed by atoms with E-state index in [1.807, 2.05) is 31.5 Å². The molecule has 4 nitrogen and oxygen atoms in total. The third kappa shape index (κ3) is 3.24. The molecule has 0 saturated heterocycles. The lowest BCUT2D eigenvalue weighted by Crippen LogP contribution is -2.40. The van der Waals surface area contributed by atoms with Gasteiger partial charge in [-0.05, 0) is 32.3 Å². The smallest absolute Gasteiger partial charge is 0.170 e. The Balaban J connectivity index is 2.95. The maximum absolute atomic E-state index is 12.5. The minimum atomic E-state index is -0.644. The Hall–Kier alpha value is -1.16. The van der Waals surface area contributed by atoms with Crippen LogP contribution in [0.25, 0.3) is 0 Å². The summed E-state index contributed by atoms with van der Waals surface area (Å²) in [5.41, 5.74) is 1.39.